The second-order valence-electron chi connectivity index (χ2n) is 4.37. The SMILES string of the molecule is NCC1CCN(Cc2ccc(Cl)c(Cl)c2)C1. The van der Waals surface area contributed by atoms with Gasteiger partial charge in [-0.3, -0.25) is 4.90 Å². The summed E-state index contributed by atoms with van der Waals surface area (Å²) in [4.78, 5) is 2.41. The molecule has 0 saturated carbocycles. The molecule has 0 spiro atoms. The minimum atomic E-state index is 0.617. The standard InChI is InChI=1S/C12H16Cl2N2/c13-11-2-1-9(5-12(11)14)7-16-4-3-10(6-15)8-16/h1-2,5,10H,3-4,6-8,15H2. The van der Waals surface area contributed by atoms with Crippen LogP contribution >= 0.6 is 23.2 Å². The predicted molar refractivity (Wildman–Crippen MR) is 68.9 cm³/mol. The van der Waals surface area contributed by atoms with E-state index in [-0.39, 0.29) is 0 Å². The van der Waals surface area contributed by atoms with E-state index in [2.05, 4.69) is 4.90 Å². The third-order valence-corrected chi connectivity index (χ3v) is 3.83. The van der Waals surface area contributed by atoms with E-state index in [9.17, 15) is 0 Å². The molecule has 1 aromatic rings. The van der Waals surface area contributed by atoms with E-state index in [4.69, 9.17) is 28.9 Å². The molecule has 0 radical (unpaired) electrons. The monoisotopic (exact) mass is 258 g/mol. The number of nitrogens with two attached hydrogens (primary N) is 1. The number of rotatable bonds is 3. The molecule has 4 heteroatoms. The molecule has 1 aromatic carbocycles. The van der Waals surface area contributed by atoms with Crippen molar-refractivity contribution in [2.24, 2.45) is 11.7 Å². The van der Waals surface area contributed by atoms with Crippen molar-refractivity contribution in [2.45, 2.75) is 13.0 Å². The Bertz CT molecular complexity index is 368. The summed E-state index contributed by atoms with van der Waals surface area (Å²) in [5.41, 5.74) is 6.88. The Balaban J connectivity index is 1.97. The van der Waals surface area contributed by atoms with E-state index in [1.807, 2.05) is 18.2 Å². The largest absolute Gasteiger partial charge is 0.330 e. The van der Waals surface area contributed by atoms with E-state index in [0.717, 1.165) is 26.2 Å². The molecule has 1 unspecified atom stereocenters. The third-order valence-electron chi connectivity index (χ3n) is 3.09. The topological polar surface area (TPSA) is 29.3 Å². The predicted octanol–water partition coefficient (Wildman–Crippen LogP) is 2.77. The van der Waals surface area contributed by atoms with Crippen LogP contribution in [0.3, 0.4) is 0 Å². The van der Waals surface area contributed by atoms with Gasteiger partial charge in [-0.05, 0) is 43.1 Å². The van der Waals surface area contributed by atoms with Crippen LogP contribution in [0.25, 0.3) is 0 Å². The smallest absolute Gasteiger partial charge is 0.0595 e. The molecule has 1 heterocycles. The van der Waals surface area contributed by atoms with Crippen molar-refractivity contribution in [3.63, 3.8) is 0 Å². The van der Waals surface area contributed by atoms with Gasteiger partial charge in [-0.1, -0.05) is 29.3 Å². The van der Waals surface area contributed by atoms with Gasteiger partial charge in [0.2, 0.25) is 0 Å². The lowest BCUT2D eigenvalue weighted by Gasteiger charge is -2.15. The molecule has 1 aliphatic heterocycles. The first-order valence-corrected chi connectivity index (χ1v) is 6.31. The highest BCUT2D eigenvalue weighted by Gasteiger charge is 2.20. The van der Waals surface area contributed by atoms with Gasteiger partial charge >= 0.3 is 0 Å². The lowest BCUT2D eigenvalue weighted by Crippen LogP contribution is -2.22. The number of likely N-dealkylation sites (tertiary alicyclic amines) is 1. The van der Waals surface area contributed by atoms with E-state index >= 15 is 0 Å². The van der Waals surface area contributed by atoms with Crippen LogP contribution in [0.5, 0.6) is 0 Å². The minimum Gasteiger partial charge on any atom is -0.330 e. The number of hydrogen-bond acceptors (Lipinski definition) is 2. The van der Waals surface area contributed by atoms with Crippen molar-refractivity contribution in [3.8, 4) is 0 Å². The van der Waals surface area contributed by atoms with Crippen molar-refractivity contribution >= 4 is 23.2 Å². The number of halogens is 2. The van der Waals surface area contributed by atoms with Crippen LogP contribution < -0.4 is 5.73 Å². The van der Waals surface area contributed by atoms with Crippen molar-refractivity contribution in [1.82, 2.24) is 4.90 Å². The van der Waals surface area contributed by atoms with E-state index in [1.165, 1.54) is 12.0 Å². The van der Waals surface area contributed by atoms with Gasteiger partial charge in [-0.2, -0.15) is 0 Å². The summed E-state index contributed by atoms with van der Waals surface area (Å²) in [5.74, 6) is 0.655. The fourth-order valence-electron chi connectivity index (χ4n) is 2.15. The zero-order valence-corrected chi connectivity index (χ0v) is 10.6. The van der Waals surface area contributed by atoms with Crippen LogP contribution in [0, 0.1) is 5.92 Å². The van der Waals surface area contributed by atoms with Crippen LogP contribution in [0.4, 0.5) is 0 Å². The van der Waals surface area contributed by atoms with Gasteiger partial charge < -0.3 is 5.73 Å². The molecule has 16 heavy (non-hydrogen) atoms. The molecule has 0 amide bonds. The molecular formula is C12H16Cl2N2. The van der Waals surface area contributed by atoms with Gasteiger partial charge in [0.1, 0.15) is 0 Å². The molecular weight excluding hydrogens is 243 g/mol. The summed E-state index contributed by atoms with van der Waals surface area (Å²) in [5, 5.41) is 1.25. The van der Waals surface area contributed by atoms with Gasteiger partial charge in [0.15, 0.2) is 0 Å². The Hall–Kier alpha value is -0.280. The van der Waals surface area contributed by atoms with Crippen LogP contribution in [0.1, 0.15) is 12.0 Å². The molecule has 1 fully saturated rings. The summed E-state index contributed by atoms with van der Waals surface area (Å²) in [6.07, 6.45) is 1.21. The van der Waals surface area contributed by atoms with E-state index < -0.39 is 0 Å². The average molecular weight is 259 g/mol. The van der Waals surface area contributed by atoms with E-state index in [1.54, 1.807) is 0 Å². The number of benzene rings is 1. The van der Waals surface area contributed by atoms with Gasteiger partial charge in [0.05, 0.1) is 10.0 Å². The Morgan fingerprint density at radius 1 is 1.31 bits per heavy atom. The quantitative estimate of drug-likeness (QED) is 0.904. The first-order valence-electron chi connectivity index (χ1n) is 5.55. The first-order chi connectivity index (χ1) is 7.69. The lowest BCUT2D eigenvalue weighted by molar-refractivity contribution is 0.318. The van der Waals surface area contributed by atoms with Crippen molar-refractivity contribution in [2.75, 3.05) is 19.6 Å². The lowest BCUT2D eigenvalue weighted by atomic mass is 10.1. The Morgan fingerprint density at radius 2 is 2.12 bits per heavy atom. The van der Waals surface area contributed by atoms with Gasteiger partial charge in [-0.25, -0.2) is 0 Å². The molecule has 2 nitrogen and oxygen atoms in total. The molecule has 1 saturated heterocycles. The summed E-state index contributed by atoms with van der Waals surface area (Å²) in [6, 6.07) is 5.83. The van der Waals surface area contributed by atoms with Crippen molar-refractivity contribution in [1.29, 1.82) is 0 Å². The zero-order valence-electron chi connectivity index (χ0n) is 9.13. The molecule has 0 bridgehead atoms. The fourth-order valence-corrected chi connectivity index (χ4v) is 2.47. The van der Waals surface area contributed by atoms with Gasteiger partial charge in [-0.15, -0.1) is 0 Å². The maximum Gasteiger partial charge on any atom is 0.0595 e. The molecule has 0 aromatic heterocycles. The molecule has 0 aliphatic carbocycles. The Kier molecular flexibility index (Phi) is 4.09. The van der Waals surface area contributed by atoms with Crippen molar-refractivity contribution < 1.29 is 0 Å². The molecule has 2 N–H and O–H groups in total. The zero-order chi connectivity index (χ0) is 11.5. The Labute approximate surface area is 106 Å². The summed E-state index contributed by atoms with van der Waals surface area (Å²) in [6.45, 7) is 3.95. The highest BCUT2D eigenvalue weighted by molar-refractivity contribution is 6.42. The number of hydrogen-bond donors (Lipinski definition) is 1. The maximum atomic E-state index is 5.98. The second kappa shape index (κ2) is 5.37. The normalized spacial score (nSPS) is 21.6. The second-order valence-corrected chi connectivity index (χ2v) is 5.19. The van der Waals surface area contributed by atoms with E-state index in [0.29, 0.717) is 16.0 Å². The first kappa shape index (κ1) is 12.2. The van der Waals surface area contributed by atoms with Crippen LogP contribution in [-0.2, 0) is 6.54 Å². The number of nitrogens with zero attached hydrogens (tertiary/aromatic N) is 1. The minimum absolute atomic E-state index is 0.617. The molecule has 1 aliphatic rings. The molecule has 88 valence electrons. The molecule has 2 rings (SSSR count). The van der Waals surface area contributed by atoms with Crippen LogP contribution in [0.2, 0.25) is 10.0 Å². The maximum absolute atomic E-state index is 5.98. The highest BCUT2D eigenvalue weighted by atomic mass is 35.5. The van der Waals surface area contributed by atoms with Crippen LogP contribution in [-0.4, -0.2) is 24.5 Å². The average Bonchev–Trinajstić information content (AvgIpc) is 2.71. The highest BCUT2D eigenvalue weighted by Crippen LogP contribution is 2.24. The third kappa shape index (κ3) is 2.89. The Morgan fingerprint density at radius 3 is 2.75 bits per heavy atom. The van der Waals surface area contributed by atoms with Crippen molar-refractivity contribution in [3.05, 3.63) is 33.8 Å². The van der Waals surface area contributed by atoms with Gasteiger partial charge in [0.25, 0.3) is 0 Å². The summed E-state index contributed by atoms with van der Waals surface area (Å²) in [7, 11) is 0. The molecule has 1 atom stereocenters. The summed E-state index contributed by atoms with van der Waals surface area (Å²) >= 11 is 11.9. The fraction of sp³-hybridized carbons (Fsp3) is 0.500. The van der Waals surface area contributed by atoms with Crippen LogP contribution in [0.15, 0.2) is 18.2 Å². The summed E-state index contributed by atoms with van der Waals surface area (Å²) < 4.78 is 0. The van der Waals surface area contributed by atoms with Gasteiger partial charge in [0, 0.05) is 13.1 Å².